The molecule has 2 heterocycles. The molecule has 0 radical (unpaired) electrons. The molecule has 0 amide bonds. The van der Waals surface area contributed by atoms with Gasteiger partial charge in [-0.05, 0) is 68.4 Å². The highest BCUT2D eigenvalue weighted by Crippen LogP contribution is 2.61. The lowest BCUT2D eigenvalue weighted by atomic mass is 9.55. The van der Waals surface area contributed by atoms with Crippen molar-refractivity contribution in [3.8, 4) is 11.5 Å². The smallest absolute Gasteiger partial charge is 0.220 e. The maximum Gasteiger partial charge on any atom is 0.220 e. The van der Waals surface area contributed by atoms with E-state index in [2.05, 4.69) is 30.0 Å². The van der Waals surface area contributed by atoms with Gasteiger partial charge in [0.15, 0.2) is 17.3 Å². The first-order chi connectivity index (χ1) is 14.0. The second-order valence-electron chi connectivity index (χ2n) is 8.56. The van der Waals surface area contributed by atoms with Crippen molar-refractivity contribution in [2.75, 3.05) is 48.5 Å². The Morgan fingerprint density at radius 3 is 2.48 bits per heavy atom. The molecule has 6 nitrogen and oxygen atoms in total. The number of likely N-dealkylation sites (tertiary alicyclic amines) is 1. The van der Waals surface area contributed by atoms with Gasteiger partial charge in [0.25, 0.3) is 0 Å². The second-order valence-corrected chi connectivity index (χ2v) is 8.56. The van der Waals surface area contributed by atoms with E-state index in [0.717, 1.165) is 48.6 Å². The molecule has 0 unspecified atom stereocenters. The molecule has 6 heteroatoms. The van der Waals surface area contributed by atoms with Crippen LogP contribution in [0.1, 0.15) is 29.2 Å². The van der Waals surface area contributed by atoms with Gasteiger partial charge in [-0.3, -0.25) is 14.6 Å². The molecule has 0 aromatic heterocycles. The zero-order valence-electron chi connectivity index (χ0n) is 17.7. The van der Waals surface area contributed by atoms with E-state index < -0.39 is 5.41 Å². The number of rotatable bonds is 3. The molecule has 4 aliphatic rings. The molecule has 0 spiro atoms. The zero-order chi connectivity index (χ0) is 20.5. The van der Waals surface area contributed by atoms with Crippen molar-refractivity contribution in [2.45, 2.75) is 30.3 Å². The van der Waals surface area contributed by atoms with Gasteiger partial charge in [0, 0.05) is 17.5 Å². The molecule has 3 atom stereocenters. The van der Waals surface area contributed by atoms with Crippen LogP contribution in [-0.4, -0.2) is 70.1 Å². The molecule has 1 fully saturated rings. The van der Waals surface area contributed by atoms with Gasteiger partial charge in [-0.15, -0.1) is 0 Å². The van der Waals surface area contributed by atoms with E-state index in [1.807, 2.05) is 12.2 Å². The summed E-state index contributed by atoms with van der Waals surface area (Å²) in [6.45, 7) is 1.91. The Morgan fingerprint density at radius 2 is 1.79 bits per heavy atom. The summed E-state index contributed by atoms with van der Waals surface area (Å²) in [5.41, 5.74) is 4.56. The number of hydrogen-bond acceptors (Lipinski definition) is 6. The van der Waals surface area contributed by atoms with Crippen LogP contribution in [0.25, 0.3) is 0 Å². The Morgan fingerprint density at radius 1 is 1.03 bits per heavy atom. The van der Waals surface area contributed by atoms with Gasteiger partial charge in [-0.25, -0.2) is 0 Å². The molecule has 2 aliphatic carbocycles. The molecule has 2 bridgehead atoms. The maximum atomic E-state index is 12.8. The largest absolute Gasteiger partial charge is 0.493 e. The number of benzene rings is 1. The highest BCUT2D eigenvalue weighted by molar-refractivity contribution is 6.05. The Hall–Kier alpha value is -2.31. The number of hydrogen-bond donors (Lipinski definition) is 0. The fraction of sp³-hybridized carbons (Fsp3) is 0.522. The number of piperidine rings is 1. The van der Waals surface area contributed by atoms with Gasteiger partial charge in [-0.2, -0.15) is 0 Å². The molecule has 0 N–H and O–H groups in total. The Labute approximate surface area is 171 Å². The van der Waals surface area contributed by atoms with Gasteiger partial charge in [0.2, 0.25) is 5.78 Å². The molecular weight excluding hydrogens is 368 g/mol. The van der Waals surface area contributed by atoms with Crippen LogP contribution in [0.2, 0.25) is 0 Å². The second kappa shape index (κ2) is 6.34. The highest BCUT2D eigenvalue weighted by Gasteiger charge is 2.57. The number of ether oxygens (including phenoxy) is 3. The predicted octanol–water partition coefficient (Wildman–Crippen LogP) is 2.23. The third-order valence-electron chi connectivity index (χ3n) is 7.34. The lowest BCUT2D eigenvalue weighted by Gasteiger charge is -2.58. The molecule has 154 valence electrons. The molecule has 1 aromatic carbocycles. The quantitative estimate of drug-likeness (QED) is 0.781. The third-order valence-corrected chi connectivity index (χ3v) is 7.34. The standard InChI is InChI=1S/C23H28N2O4/c1-24-8-6-13-10-16(27-3)22(29-5)19-18(13)21(24)20-14-11-15(26)17(28-4)12-23(14,19)7-9-25(20)2/h10-12,20-21H,6-9H2,1-5H3/t20-,21-,23-/m0/s1. The van der Waals surface area contributed by atoms with E-state index in [1.165, 1.54) is 11.1 Å². The summed E-state index contributed by atoms with van der Waals surface area (Å²) in [5, 5.41) is 0. The van der Waals surface area contributed by atoms with Crippen molar-refractivity contribution in [1.29, 1.82) is 0 Å². The number of methoxy groups -OCH3 is 3. The van der Waals surface area contributed by atoms with Gasteiger partial charge >= 0.3 is 0 Å². The summed E-state index contributed by atoms with van der Waals surface area (Å²) in [7, 11) is 9.33. The summed E-state index contributed by atoms with van der Waals surface area (Å²) in [6.07, 6.45) is 5.72. The molecular formula is C23H28N2O4. The fourth-order valence-electron chi connectivity index (χ4n) is 6.03. The molecule has 1 saturated heterocycles. The number of fused-ring (bicyclic) bond motifs is 1. The SMILES string of the molecule is COC1=C[C@@]23CCN(C)[C@@H](C2=CC1=O)[C@@H]1c2c(cc(OC)c(OC)c23)CCN1C. The van der Waals surface area contributed by atoms with Crippen molar-refractivity contribution in [1.82, 2.24) is 9.80 Å². The summed E-state index contributed by atoms with van der Waals surface area (Å²) < 4.78 is 17.2. The molecule has 29 heavy (non-hydrogen) atoms. The predicted molar refractivity (Wildman–Crippen MR) is 110 cm³/mol. The van der Waals surface area contributed by atoms with Gasteiger partial charge < -0.3 is 14.2 Å². The van der Waals surface area contributed by atoms with Gasteiger partial charge in [-0.1, -0.05) is 0 Å². The summed E-state index contributed by atoms with van der Waals surface area (Å²) >= 11 is 0. The van der Waals surface area contributed by atoms with Crippen LogP contribution in [0.3, 0.4) is 0 Å². The molecule has 2 aliphatic heterocycles. The Balaban J connectivity index is 1.92. The number of carbonyl (C=O) groups is 1. The number of carbonyl (C=O) groups excluding carboxylic acids is 1. The monoisotopic (exact) mass is 396 g/mol. The minimum Gasteiger partial charge on any atom is -0.493 e. The zero-order valence-corrected chi connectivity index (χ0v) is 17.7. The number of allylic oxidation sites excluding steroid dienone is 2. The van der Waals surface area contributed by atoms with Crippen LogP contribution in [-0.2, 0) is 21.4 Å². The maximum absolute atomic E-state index is 12.8. The first-order valence-electron chi connectivity index (χ1n) is 10.2. The minimum atomic E-state index is -0.408. The van der Waals surface area contributed by atoms with E-state index in [0.29, 0.717) is 5.76 Å². The number of nitrogens with zero attached hydrogens (tertiary/aromatic N) is 2. The topological polar surface area (TPSA) is 51.2 Å². The lowest BCUT2D eigenvalue weighted by molar-refractivity contribution is -0.114. The third kappa shape index (κ3) is 2.27. The fourth-order valence-corrected chi connectivity index (χ4v) is 6.03. The van der Waals surface area contributed by atoms with Crippen LogP contribution in [0.15, 0.2) is 29.6 Å². The van der Waals surface area contributed by atoms with Crippen LogP contribution in [0, 0.1) is 0 Å². The van der Waals surface area contributed by atoms with E-state index in [9.17, 15) is 4.79 Å². The van der Waals surface area contributed by atoms with Crippen LogP contribution < -0.4 is 9.47 Å². The van der Waals surface area contributed by atoms with E-state index in [-0.39, 0.29) is 17.9 Å². The van der Waals surface area contributed by atoms with Crippen molar-refractivity contribution in [2.24, 2.45) is 0 Å². The number of ketones is 1. The molecule has 0 saturated carbocycles. The first-order valence-corrected chi connectivity index (χ1v) is 10.2. The Kier molecular flexibility index (Phi) is 4.09. The van der Waals surface area contributed by atoms with Gasteiger partial charge in [0.1, 0.15) is 0 Å². The van der Waals surface area contributed by atoms with Crippen molar-refractivity contribution in [3.05, 3.63) is 46.2 Å². The van der Waals surface area contributed by atoms with E-state index >= 15 is 0 Å². The lowest BCUT2D eigenvalue weighted by Crippen LogP contribution is -2.60. The molecule has 5 rings (SSSR count). The van der Waals surface area contributed by atoms with Crippen LogP contribution in [0.5, 0.6) is 11.5 Å². The van der Waals surface area contributed by atoms with Crippen LogP contribution in [0.4, 0.5) is 0 Å². The van der Waals surface area contributed by atoms with Crippen LogP contribution >= 0.6 is 0 Å². The minimum absolute atomic E-state index is 0.0533. The highest BCUT2D eigenvalue weighted by atomic mass is 16.5. The van der Waals surface area contributed by atoms with Crippen molar-refractivity contribution in [3.63, 3.8) is 0 Å². The van der Waals surface area contributed by atoms with Gasteiger partial charge in [0.05, 0.1) is 33.4 Å². The average molecular weight is 396 g/mol. The number of likely N-dealkylation sites (N-methyl/N-ethyl adjacent to an activating group) is 2. The van der Waals surface area contributed by atoms with Crippen molar-refractivity contribution < 1.29 is 19.0 Å². The van der Waals surface area contributed by atoms with Crippen molar-refractivity contribution >= 4 is 5.78 Å². The first kappa shape index (κ1) is 18.7. The summed E-state index contributed by atoms with van der Waals surface area (Å²) in [6, 6.07) is 2.48. The van der Waals surface area contributed by atoms with E-state index in [1.54, 1.807) is 21.3 Å². The Bertz CT molecular complexity index is 966. The summed E-state index contributed by atoms with van der Waals surface area (Å²) in [4.78, 5) is 17.6. The summed E-state index contributed by atoms with van der Waals surface area (Å²) in [5.74, 6) is 1.90. The normalized spacial score (nSPS) is 30.7. The molecule has 1 aromatic rings. The van der Waals surface area contributed by atoms with E-state index in [4.69, 9.17) is 14.2 Å². The average Bonchev–Trinajstić information content (AvgIpc) is 2.72.